The van der Waals surface area contributed by atoms with Crippen molar-refractivity contribution in [3.8, 4) is 0 Å². The number of aryl methyl sites for hydroxylation is 1. The fourth-order valence-electron chi connectivity index (χ4n) is 3.21. The summed E-state index contributed by atoms with van der Waals surface area (Å²) in [6.07, 6.45) is -2.87. The van der Waals surface area contributed by atoms with Gasteiger partial charge in [-0.05, 0) is 39.0 Å². The molecule has 0 spiro atoms. The maximum absolute atomic E-state index is 13.3. The molecule has 0 saturated carbocycles. The quantitative estimate of drug-likeness (QED) is 0.570. The first-order valence-electron chi connectivity index (χ1n) is 9.25. The van der Waals surface area contributed by atoms with Gasteiger partial charge in [-0.1, -0.05) is 24.3 Å². The van der Waals surface area contributed by atoms with Gasteiger partial charge in [-0.3, -0.25) is 0 Å². The molecule has 0 atom stereocenters. The van der Waals surface area contributed by atoms with E-state index in [0.717, 1.165) is 15.6 Å². The van der Waals surface area contributed by atoms with Crippen LogP contribution < -0.4 is 5.46 Å². The fraction of sp³-hybridized carbons (Fsp3) is 0.250. The molecule has 162 valence electrons. The highest BCUT2D eigenvalue weighted by Gasteiger charge is 2.45. The Kier molecular flexibility index (Phi) is 4.75. The lowest BCUT2D eigenvalue weighted by Gasteiger charge is -2.15. The summed E-state index contributed by atoms with van der Waals surface area (Å²) >= 11 is 0. The van der Waals surface area contributed by atoms with Crippen molar-refractivity contribution in [2.45, 2.75) is 37.4 Å². The van der Waals surface area contributed by atoms with Crippen LogP contribution in [0, 0.1) is 6.92 Å². The number of hydrogen-bond acceptors (Lipinski definition) is 5. The zero-order chi connectivity index (χ0) is 22.8. The molecular weight excluding hydrogens is 432 g/mol. The van der Waals surface area contributed by atoms with Crippen molar-refractivity contribution < 1.29 is 30.9 Å². The molecule has 1 aromatic carbocycles. The summed E-state index contributed by atoms with van der Waals surface area (Å²) in [5.74, 6) is 0.278. The molecule has 1 aliphatic rings. The molecule has 0 radical (unpaired) electrons. The summed E-state index contributed by atoms with van der Waals surface area (Å²) in [5.41, 5.74) is -1.10. The van der Waals surface area contributed by atoms with Crippen LogP contribution in [0.1, 0.15) is 25.0 Å². The van der Waals surface area contributed by atoms with E-state index in [1.165, 1.54) is 18.3 Å². The number of nitrogens with zero attached hydrogens (tertiary/aromatic N) is 2. The van der Waals surface area contributed by atoms with Crippen LogP contribution in [-0.2, 0) is 25.5 Å². The topological polar surface area (TPSA) is 70.4 Å². The number of alkyl halides is 3. The van der Waals surface area contributed by atoms with E-state index in [9.17, 15) is 21.6 Å². The first kappa shape index (κ1) is 21.4. The molecule has 0 aliphatic carbocycles. The average molecular weight is 450 g/mol. The smallest absolute Gasteiger partial charge is 0.534 e. The molecule has 2 aromatic heterocycles. The van der Waals surface area contributed by atoms with Crippen LogP contribution in [0.15, 0.2) is 60.0 Å². The highest BCUT2D eigenvalue weighted by molar-refractivity contribution is 7.90. The lowest BCUT2D eigenvalue weighted by atomic mass is 9.79. The molecule has 31 heavy (non-hydrogen) atoms. The minimum Gasteiger partial charge on any atom is -0.534 e. The molecule has 1 saturated heterocycles. The average Bonchev–Trinajstić information content (AvgIpc) is 3.18. The number of rotatable bonds is 3. The third-order valence-corrected chi connectivity index (χ3v) is 6.79. The number of halogens is 3. The summed E-state index contributed by atoms with van der Waals surface area (Å²) < 4.78 is 78.7. The van der Waals surface area contributed by atoms with Crippen LogP contribution in [0.3, 0.4) is 0 Å². The third-order valence-electron chi connectivity index (χ3n) is 5.12. The van der Waals surface area contributed by atoms with Crippen molar-refractivity contribution in [3.05, 3.63) is 66.2 Å². The zero-order valence-electron chi connectivity index (χ0n) is 16.9. The number of hydrogen-bond donors (Lipinski definition) is 0. The predicted octanol–water partition coefficient (Wildman–Crippen LogP) is 3.63. The first-order chi connectivity index (χ1) is 14.3. The number of pyridine rings is 1. The van der Waals surface area contributed by atoms with E-state index in [4.69, 9.17) is 9.31 Å². The summed E-state index contributed by atoms with van der Waals surface area (Å²) in [4.78, 5) is 3.81. The molecule has 11 heteroatoms. The Balaban J connectivity index is 1.95. The predicted molar refractivity (Wildman–Crippen MR) is 109 cm³/mol. The molecule has 0 N–H and O–H groups in total. The van der Waals surface area contributed by atoms with E-state index >= 15 is 0 Å². The molecule has 0 amide bonds. The Morgan fingerprint density at radius 1 is 1.19 bits per heavy atom. The van der Waals surface area contributed by atoms with E-state index in [-0.39, 0.29) is 27.2 Å². The van der Waals surface area contributed by atoms with Crippen molar-refractivity contribution in [1.29, 1.82) is 0 Å². The first-order valence-corrected chi connectivity index (χ1v) is 10.7. The Hall–Kier alpha value is -2.79. The third kappa shape index (κ3) is 3.61. The van der Waals surface area contributed by atoms with Gasteiger partial charge in [0.1, 0.15) is 5.60 Å². The van der Waals surface area contributed by atoms with Gasteiger partial charge in [-0.15, -0.1) is 0 Å². The normalized spacial score (nSPS) is 16.7. The minimum absolute atomic E-state index is 0.0266. The van der Waals surface area contributed by atoms with E-state index in [1.54, 1.807) is 26.0 Å². The standard InChI is InChI=1S/C20H18BF3N2O4S/c1-12-5-7-15(8-6-12)31(27,28)26-11-17(21-29-13(2)19(3,4)30-21)16-9-14(20(22,23)24)10-25-18(16)26/h5-11H,2H2,1,3-4H3. The highest BCUT2D eigenvalue weighted by Crippen LogP contribution is 2.34. The summed E-state index contributed by atoms with van der Waals surface area (Å²) in [5, 5.41) is -0.0407. The van der Waals surface area contributed by atoms with E-state index < -0.39 is 34.5 Å². The van der Waals surface area contributed by atoms with Crippen molar-refractivity contribution in [2.75, 3.05) is 0 Å². The Labute approximate surface area is 177 Å². The minimum atomic E-state index is -4.66. The van der Waals surface area contributed by atoms with Gasteiger partial charge in [0.05, 0.1) is 16.2 Å². The van der Waals surface area contributed by atoms with Gasteiger partial charge in [0.25, 0.3) is 10.0 Å². The van der Waals surface area contributed by atoms with Gasteiger partial charge in [0, 0.05) is 23.2 Å². The zero-order valence-corrected chi connectivity index (χ0v) is 17.7. The van der Waals surface area contributed by atoms with Gasteiger partial charge in [-0.25, -0.2) is 17.4 Å². The summed E-state index contributed by atoms with van der Waals surface area (Å²) in [6.45, 7) is 8.95. The fourth-order valence-corrected chi connectivity index (χ4v) is 4.54. The van der Waals surface area contributed by atoms with Crippen molar-refractivity contribution in [2.24, 2.45) is 0 Å². The highest BCUT2D eigenvalue weighted by atomic mass is 32.2. The van der Waals surface area contributed by atoms with E-state index in [2.05, 4.69) is 11.6 Å². The van der Waals surface area contributed by atoms with Crippen molar-refractivity contribution >= 4 is 33.6 Å². The van der Waals surface area contributed by atoms with Crippen LogP contribution >= 0.6 is 0 Å². The molecule has 0 bridgehead atoms. The van der Waals surface area contributed by atoms with E-state index in [0.29, 0.717) is 6.20 Å². The number of aromatic nitrogens is 2. The molecular formula is C20H18BF3N2O4S. The maximum Gasteiger partial charge on any atom is 0.565 e. The molecule has 3 aromatic rings. The van der Waals surface area contributed by atoms with Crippen LogP contribution in [0.4, 0.5) is 13.2 Å². The van der Waals surface area contributed by atoms with Crippen molar-refractivity contribution in [3.63, 3.8) is 0 Å². The van der Waals surface area contributed by atoms with Gasteiger partial charge in [0.2, 0.25) is 0 Å². The van der Waals surface area contributed by atoms with Crippen LogP contribution in [-0.4, -0.2) is 30.1 Å². The molecule has 4 rings (SSSR count). The van der Waals surface area contributed by atoms with Crippen LogP contribution in [0.5, 0.6) is 0 Å². The largest absolute Gasteiger partial charge is 0.565 e. The van der Waals surface area contributed by atoms with E-state index in [1.807, 2.05) is 6.92 Å². The van der Waals surface area contributed by atoms with Crippen LogP contribution in [0.2, 0.25) is 0 Å². The molecule has 1 aliphatic heterocycles. The second-order valence-corrected chi connectivity index (χ2v) is 9.61. The molecule has 1 fully saturated rings. The summed E-state index contributed by atoms with van der Waals surface area (Å²) in [6, 6.07) is 6.95. The second-order valence-electron chi connectivity index (χ2n) is 7.79. The van der Waals surface area contributed by atoms with Crippen LogP contribution in [0.25, 0.3) is 11.0 Å². The lowest BCUT2D eigenvalue weighted by Crippen LogP contribution is -2.34. The Bertz CT molecular complexity index is 1300. The number of fused-ring (bicyclic) bond motifs is 1. The maximum atomic E-state index is 13.3. The van der Waals surface area contributed by atoms with Gasteiger partial charge in [-0.2, -0.15) is 13.2 Å². The Morgan fingerprint density at radius 3 is 2.39 bits per heavy atom. The van der Waals surface area contributed by atoms with Gasteiger partial charge >= 0.3 is 13.3 Å². The summed E-state index contributed by atoms with van der Waals surface area (Å²) in [7, 11) is -5.28. The lowest BCUT2D eigenvalue weighted by molar-refractivity contribution is -0.137. The second kappa shape index (κ2) is 6.86. The Morgan fingerprint density at radius 2 is 1.84 bits per heavy atom. The monoisotopic (exact) mass is 450 g/mol. The molecule has 6 nitrogen and oxygen atoms in total. The molecule has 3 heterocycles. The van der Waals surface area contributed by atoms with Crippen molar-refractivity contribution in [1.82, 2.24) is 8.96 Å². The van der Waals surface area contributed by atoms with Gasteiger partial charge in [0.15, 0.2) is 5.65 Å². The number of benzene rings is 1. The SMILES string of the molecule is C=C1OB(c2cn(S(=O)(=O)c3ccc(C)cc3)c3ncc(C(F)(F)F)cc23)OC1(C)C. The molecule has 0 unspecified atom stereocenters. The van der Waals surface area contributed by atoms with Gasteiger partial charge < -0.3 is 9.31 Å².